The van der Waals surface area contributed by atoms with Crippen LogP contribution in [0.4, 0.5) is 0 Å². The van der Waals surface area contributed by atoms with E-state index in [1.54, 1.807) is 0 Å². The van der Waals surface area contributed by atoms with E-state index in [0.717, 1.165) is 18.4 Å². The van der Waals surface area contributed by atoms with Gasteiger partial charge in [0.05, 0.1) is 6.04 Å². The minimum absolute atomic E-state index is 0.171. The molecule has 0 aromatic heterocycles. The van der Waals surface area contributed by atoms with Crippen molar-refractivity contribution in [3.63, 3.8) is 0 Å². The van der Waals surface area contributed by atoms with Crippen LogP contribution in [0.1, 0.15) is 49.1 Å². The van der Waals surface area contributed by atoms with Crippen molar-refractivity contribution in [2.45, 2.75) is 39.7 Å². The van der Waals surface area contributed by atoms with Gasteiger partial charge in [0, 0.05) is 6.21 Å². The van der Waals surface area contributed by atoms with Gasteiger partial charge >= 0.3 is 0 Å². The van der Waals surface area contributed by atoms with Crippen LogP contribution in [0, 0.1) is 0 Å². The molecule has 0 saturated carbocycles. The molecule has 1 heteroatoms. The fraction of sp³-hybridized carbons (Fsp3) is 0.240. The second-order valence-electron chi connectivity index (χ2n) is 6.68. The van der Waals surface area contributed by atoms with Gasteiger partial charge in [0.15, 0.2) is 0 Å². The lowest BCUT2D eigenvalue weighted by atomic mass is 9.96. The van der Waals surface area contributed by atoms with Crippen LogP contribution in [0.15, 0.2) is 77.8 Å². The highest BCUT2D eigenvalue weighted by atomic mass is 14.8. The Hall–Kier alpha value is -2.67. The van der Waals surface area contributed by atoms with Crippen LogP contribution in [-0.4, -0.2) is 6.21 Å². The highest BCUT2D eigenvalue weighted by Crippen LogP contribution is 2.24. The normalized spacial score (nSPS) is 12.4. The number of aryl methyl sites for hydroxylation is 2. The molecule has 0 saturated heterocycles. The monoisotopic (exact) mass is 341 g/mol. The molecule has 26 heavy (non-hydrogen) atoms. The Kier molecular flexibility index (Phi) is 6.01. The summed E-state index contributed by atoms with van der Waals surface area (Å²) in [5.41, 5.74) is 7.76. The van der Waals surface area contributed by atoms with Crippen molar-refractivity contribution in [2.75, 3.05) is 0 Å². The Balaban J connectivity index is 1.75. The first-order valence-corrected chi connectivity index (χ1v) is 9.51. The summed E-state index contributed by atoms with van der Waals surface area (Å²) in [6, 6.07) is 26.0. The lowest BCUT2D eigenvalue weighted by Crippen LogP contribution is -1.99. The first-order valence-electron chi connectivity index (χ1n) is 9.51. The molecule has 0 amide bonds. The Morgan fingerprint density at radius 3 is 2.15 bits per heavy atom. The summed E-state index contributed by atoms with van der Waals surface area (Å²) in [6.07, 6.45) is 4.13. The Morgan fingerprint density at radius 1 is 0.808 bits per heavy atom. The van der Waals surface area contributed by atoms with Crippen molar-refractivity contribution in [1.82, 2.24) is 0 Å². The summed E-state index contributed by atoms with van der Waals surface area (Å²) in [4.78, 5) is 4.81. The van der Waals surface area contributed by atoms with Crippen molar-refractivity contribution in [3.05, 3.63) is 95.1 Å². The van der Waals surface area contributed by atoms with Gasteiger partial charge in [-0.1, -0.05) is 86.6 Å². The third-order valence-electron chi connectivity index (χ3n) is 4.91. The Labute approximate surface area is 157 Å². The number of nitrogens with zero attached hydrogens (tertiary/aromatic N) is 1. The molecule has 0 bridgehead atoms. The summed E-state index contributed by atoms with van der Waals surface area (Å²) in [5, 5.41) is 0. The summed E-state index contributed by atoms with van der Waals surface area (Å²) >= 11 is 0. The van der Waals surface area contributed by atoms with Crippen molar-refractivity contribution < 1.29 is 0 Å². The van der Waals surface area contributed by atoms with Gasteiger partial charge in [0.2, 0.25) is 0 Å². The fourth-order valence-corrected chi connectivity index (χ4v) is 3.26. The van der Waals surface area contributed by atoms with Gasteiger partial charge in [-0.2, -0.15) is 0 Å². The number of hydrogen-bond donors (Lipinski definition) is 0. The molecule has 0 fully saturated rings. The third-order valence-corrected chi connectivity index (χ3v) is 4.91. The Morgan fingerprint density at radius 2 is 1.50 bits per heavy atom. The summed E-state index contributed by atoms with van der Waals surface area (Å²) in [6.45, 7) is 6.60. The van der Waals surface area contributed by atoms with Crippen LogP contribution in [0.3, 0.4) is 0 Å². The van der Waals surface area contributed by atoms with Gasteiger partial charge in [0.1, 0.15) is 0 Å². The van der Waals surface area contributed by atoms with Crippen LogP contribution >= 0.6 is 0 Å². The molecule has 0 aliphatic heterocycles. The van der Waals surface area contributed by atoms with E-state index < -0.39 is 0 Å². The molecule has 1 atom stereocenters. The van der Waals surface area contributed by atoms with E-state index in [1.807, 2.05) is 12.3 Å². The standard InChI is InChI=1S/C25H27N/c1-4-20-13-16-25(22(5-2)17-20)19(3)26-18-21-11-14-24(15-12-21)23-9-7-6-8-10-23/h6-19H,4-5H2,1-3H3. The molecule has 3 aromatic rings. The molecule has 1 nitrogen and oxygen atoms in total. The number of hydrogen-bond acceptors (Lipinski definition) is 1. The maximum absolute atomic E-state index is 4.81. The summed E-state index contributed by atoms with van der Waals surface area (Å²) in [7, 11) is 0. The van der Waals surface area contributed by atoms with E-state index in [9.17, 15) is 0 Å². The third kappa shape index (κ3) is 4.29. The van der Waals surface area contributed by atoms with E-state index in [4.69, 9.17) is 4.99 Å². The lowest BCUT2D eigenvalue weighted by Gasteiger charge is -2.13. The fourth-order valence-electron chi connectivity index (χ4n) is 3.26. The van der Waals surface area contributed by atoms with E-state index in [0.29, 0.717) is 0 Å². The number of rotatable bonds is 6. The molecule has 132 valence electrons. The molecule has 0 aliphatic rings. The molecule has 3 aromatic carbocycles. The van der Waals surface area contributed by atoms with E-state index in [2.05, 4.69) is 87.5 Å². The second kappa shape index (κ2) is 8.62. The van der Waals surface area contributed by atoms with Crippen LogP contribution in [0.5, 0.6) is 0 Å². The first-order chi connectivity index (χ1) is 12.7. The zero-order valence-electron chi connectivity index (χ0n) is 15.9. The highest BCUT2D eigenvalue weighted by Gasteiger charge is 2.08. The molecular weight excluding hydrogens is 314 g/mol. The van der Waals surface area contributed by atoms with Gasteiger partial charge in [-0.05, 0) is 53.1 Å². The Bertz CT molecular complexity index is 860. The molecule has 3 rings (SSSR count). The predicted octanol–water partition coefficient (Wildman–Crippen LogP) is 6.66. The zero-order chi connectivity index (χ0) is 18.4. The maximum Gasteiger partial charge on any atom is 0.0723 e. The lowest BCUT2D eigenvalue weighted by molar-refractivity contribution is 0.805. The van der Waals surface area contributed by atoms with E-state index in [-0.39, 0.29) is 6.04 Å². The summed E-state index contributed by atoms with van der Waals surface area (Å²) in [5.74, 6) is 0. The minimum atomic E-state index is 0.171. The molecule has 0 radical (unpaired) electrons. The smallest absolute Gasteiger partial charge is 0.0723 e. The van der Waals surface area contributed by atoms with Crippen LogP contribution in [-0.2, 0) is 12.8 Å². The molecule has 0 aliphatic carbocycles. The molecule has 0 spiro atoms. The maximum atomic E-state index is 4.81. The number of benzene rings is 3. The van der Waals surface area contributed by atoms with E-state index in [1.165, 1.54) is 27.8 Å². The van der Waals surface area contributed by atoms with Crippen molar-refractivity contribution >= 4 is 6.21 Å². The minimum Gasteiger partial charge on any atom is -0.285 e. The molecular formula is C25H27N. The first kappa shape index (κ1) is 18.1. The average Bonchev–Trinajstić information content (AvgIpc) is 2.72. The average molecular weight is 341 g/mol. The molecule has 0 N–H and O–H groups in total. The highest BCUT2D eigenvalue weighted by molar-refractivity contribution is 5.81. The van der Waals surface area contributed by atoms with Gasteiger partial charge in [-0.25, -0.2) is 0 Å². The second-order valence-corrected chi connectivity index (χ2v) is 6.68. The van der Waals surface area contributed by atoms with Crippen LogP contribution < -0.4 is 0 Å². The van der Waals surface area contributed by atoms with Crippen LogP contribution in [0.25, 0.3) is 11.1 Å². The van der Waals surface area contributed by atoms with Crippen molar-refractivity contribution in [1.29, 1.82) is 0 Å². The molecule has 1 unspecified atom stereocenters. The van der Waals surface area contributed by atoms with Gasteiger partial charge < -0.3 is 0 Å². The SMILES string of the molecule is CCc1ccc(C(C)N=Cc2ccc(-c3ccccc3)cc2)c(CC)c1. The number of aliphatic imine (C=N–C) groups is 1. The van der Waals surface area contributed by atoms with Crippen LogP contribution in [0.2, 0.25) is 0 Å². The predicted molar refractivity (Wildman–Crippen MR) is 113 cm³/mol. The topological polar surface area (TPSA) is 12.4 Å². The molecule has 0 heterocycles. The van der Waals surface area contributed by atoms with Crippen molar-refractivity contribution in [2.24, 2.45) is 4.99 Å². The summed E-state index contributed by atoms with van der Waals surface area (Å²) < 4.78 is 0. The van der Waals surface area contributed by atoms with Gasteiger partial charge in [0.25, 0.3) is 0 Å². The quantitative estimate of drug-likeness (QED) is 0.445. The van der Waals surface area contributed by atoms with Crippen molar-refractivity contribution in [3.8, 4) is 11.1 Å². The zero-order valence-corrected chi connectivity index (χ0v) is 15.9. The van der Waals surface area contributed by atoms with E-state index >= 15 is 0 Å². The van der Waals surface area contributed by atoms with Gasteiger partial charge in [-0.15, -0.1) is 0 Å². The van der Waals surface area contributed by atoms with Gasteiger partial charge in [-0.3, -0.25) is 4.99 Å². The largest absolute Gasteiger partial charge is 0.285 e.